The lowest BCUT2D eigenvalue weighted by Gasteiger charge is -2.29. The van der Waals surface area contributed by atoms with Crippen molar-refractivity contribution in [2.75, 3.05) is 38.2 Å². The smallest absolute Gasteiger partial charge is 0.325 e. The molecule has 1 amide bonds. The molecule has 0 saturated heterocycles. The number of nitrogens with zero attached hydrogens (tertiary/aromatic N) is 3. The van der Waals surface area contributed by atoms with E-state index in [1.165, 1.54) is 30.5 Å². The number of esters is 2. The average molecular weight is 771 g/mol. The van der Waals surface area contributed by atoms with Crippen molar-refractivity contribution in [3.63, 3.8) is 0 Å². The molecule has 0 spiro atoms. The largest absolute Gasteiger partial charge is 0.481 e. The number of carbonyl (C=O) groups is 5. The van der Waals surface area contributed by atoms with Crippen LogP contribution in [0.1, 0.15) is 39.2 Å². The number of carbonyl (C=O) groups excluding carboxylic acids is 4. The molecule has 286 valence electrons. The number of Topliss-reactive ketones (excluding diaryl/α,β-unsaturated/α-hetero) is 1. The Morgan fingerprint density at radius 1 is 0.909 bits per heavy atom. The fourth-order valence-corrected chi connectivity index (χ4v) is 7.84. The summed E-state index contributed by atoms with van der Waals surface area (Å²) in [7, 11) is -2.66. The number of para-hydroxylation sites is 1. The molecule has 55 heavy (non-hydrogen) atoms. The molecule has 5 N–H and O–H groups in total. The third-order valence-corrected chi connectivity index (χ3v) is 10.7. The number of ether oxygens (including phenoxy) is 2. The van der Waals surface area contributed by atoms with E-state index in [1.807, 2.05) is 0 Å². The molecule has 2 heterocycles. The number of carboxylic acid groups (broad SMARTS) is 1. The molecule has 17 heteroatoms. The van der Waals surface area contributed by atoms with Crippen LogP contribution in [-0.4, -0.2) is 97.7 Å². The number of anilines is 1. The minimum atomic E-state index is -4.81. The van der Waals surface area contributed by atoms with E-state index in [0.717, 1.165) is 24.7 Å². The van der Waals surface area contributed by atoms with Gasteiger partial charge in [-0.2, -0.15) is 0 Å². The number of fused-ring (bicyclic) bond motifs is 2. The normalized spacial score (nSPS) is 11.3. The van der Waals surface area contributed by atoms with Crippen molar-refractivity contribution in [2.45, 2.75) is 31.1 Å². The van der Waals surface area contributed by atoms with Crippen molar-refractivity contribution in [1.82, 2.24) is 14.9 Å². The number of nitrogens with one attached hydrogen (secondary N) is 2. The number of H-pyrrole nitrogens is 1. The number of hydrogen-bond acceptors (Lipinski definition) is 11. The Hall–Kier alpha value is -6.62. The third kappa shape index (κ3) is 8.62. The van der Waals surface area contributed by atoms with E-state index in [1.54, 1.807) is 49.4 Å². The van der Waals surface area contributed by atoms with Gasteiger partial charge < -0.3 is 30.2 Å². The number of aryl methyl sites for hydroxylation is 2. The molecule has 16 nitrogen and oxygen atoms in total. The van der Waals surface area contributed by atoms with Gasteiger partial charge in [0, 0.05) is 45.7 Å². The number of pyridine rings is 1. The highest BCUT2D eigenvalue weighted by Gasteiger charge is 2.35. The van der Waals surface area contributed by atoms with Crippen LogP contribution in [0.2, 0.25) is 0 Å². The number of nitrogens with two attached hydrogens (primary N) is 1. The number of amidine groups is 1. The molecule has 0 aliphatic heterocycles. The number of ketones is 1. The Morgan fingerprint density at radius 2 is 1.56 bits per heavy atom. The van der Waals surface area contributed by atoms with Gasteiger partial charge in [0.1, 0.15) is 30.4 Å². The summed E-state index contributed by atoms with van der Waals surface area (Å²) in [6, 6.07) is 17.3. The van der Waals surface area contributed by atoms with Gasteiger partial charge in [-0.1, -0.05) is 42.5 Å². The molecular formula is C38H38N6O10S. The number of carboxylic acids is 1. The number of aliphatic carboxylic acids is 1. The molecule has 0 atom stereocenters. The van der Waals surface area contributed by atoms with Crippen LogP contribution in [0.4, 0.5) is 5.69 Å². The van der Waals surface area contributed by atoms with E-state index in [-0.39, 0.29) is 57.1 Å². The van der Waals surface area contributed by atoms with Gasteiger partial charge in [-0.3, -0.25) is 38.7 Å². The van der Waals surface area contributed by atoms with Crippen molar-refractivity contribution >= 4 is 73.0 Å². The highest BCUT2D eigenvalue weighted by Crippen LogP contribution is 2.37. The fraction of sp³-hybridized carbons (Fsp3) is 0.237. The van der Waals surface area contributed by atoms with Crippen molar-refractivity contribution < 1.29 is 47.0 Å². The molecule has 5 rings (SSSR count). The van der Waals surface area contributed by atoms with Gasteiger partial charge >= 0.3 is 17.9 Å². The second-order valence-corrected chi connectivity index (χ2v) is 14.3. The molecule has 0 saturated carbocycles. The first-order chi connectivity index (χ1) is 26.2. The zero-order valence-electron chi connectivity index (χ0n) is 30.1. The van der Waals surface area contributed by atoms with Crippen LogP contribution < -0.4 is 10.0 Å². The minimum Gasteiger partial charge on any atom is -0.481 e. The topological polar surface area (TPSA) is 243 Å². The second kappa shape index (κ2) is 16.6. The molecule has 0 radical (unpaired) electrons. The monoisotopic (exact) mass is 770 g/mol. The Labute approximate surface area is 315 Å². The maximum Gasteiger partial charge on any atom is 0.325 e. The molecule has 0 unspecified atom stereocenters. The van der Waals surface area contributed by atoms with E-state index < -0.39 is 59.9 Å². The molecule has 0 fully saturated rings. The zero-order valence-corrected chi connectivity index (χ0v) is 30.9. The van der Waals surface area contributed by atoms with Crippen molar-refractivity contribution in [3.05, 3.63) is 101 Å². The van der Waals surface area contributed by atoms with E-state index in [4.69, 9.17) is 20.6 Å². The number of hydrogen-bond donors (Lipinski definition) is 4. The predicted octanol–water partition coefficient (Wildman–Crippen LogP) is 3.12. The van der Waals surface area contributed by atoms with Crippen molar-refractivity contribution in [1.29, 1.82) is 5.41 Å². The van der Waals surface area contributed by atoms with Gasteiger partial charge in [0.15, 0.2) is 5.78 Å². The lowest BCUT2D eigenvalue weighted by Crippen LogP contribution is -2.47. The van der Waals surface area contributed by atoms with Crippen molar-refractivity contribution in [3.8, 4) is 0 Å². The Bertz CT molecular complexity index is 2420. The summed E-state index contributed by atoms with van der Waals surface area (Å²) in [5.74, 6) is -4.66. The highest BCUT2D eigenvalue weighted by atomic mass is 32.2. The first kappa shape index (κ1) is 39.6. The number of sulfonamides is 1. The molecule has 5 aromatic rings. The van der Waals surface area contributed by atoms with Gasteiger partial charge in [0.2, 0.25) is 5.91 Å². The van der Waals surface area contributed by atoms with Crippen LogP contribution in [0.3, 0.4) is 0 Å². The van der Waals surface area contributed by atoms with Gasteiger partial charge in [0.25, 0.3) is 10.0 Å². The lowest BCUT2D eigenvalue weighted by atomic mass is 9.95. The standard InChI is InChI=1S/C38H38N6O10S/c1-22-35(29(45)16-11-23-9-12-25(13-10-23)38(39)40)36-26(18-32(47)48)28(15-14-27(36)42-22)44(19-31(46)43(20-33(49)53-2)21-34(50)54-3)55(51,52)30-8-4-6-24-7-5-17-41-37(24)30/h4-10,12-15,17,42H,11,16,18-21H2,1-3H3,(H3,39,40)(H,47,48). The SMILES string of the molecule is COC(=O)CN(CC(=O)OC)C(=O)CN(c1ccc2[nH]c(C)c(C(=O)CCc3ccc(C(=N)N)cc3)c2c1CC(=O)O)S(=O)(=O)c1cccc2cccnc12. The summed E-state index contributed by atoms with van der Waals surface area (Å²) in [5.41, 5.74) is 7.50. The van der Waals surface area contributed by atoms with Crippen LogP contribution in [0.5, 0.6) is 0 Å². The summed E-state index contributed by atoms with van der Waals surface area (Å²) < 4.78 is 39.8. The van der Waals surface area contributed by atoms with E-state index in [0.29, 0.717) is 26.5 Å². The Kier molecular flexibility index (Phi) is 11.9. The van der Waals surface area contributed by atoms with Crippen LogP contribution in [0.25, 0.3) is 21.8 Å². The quantitative estimate of drug-likeness (QED) is 0.0490. The Balaban J connectivity index is 1.69. The average Bonchev–Trinajstić information content (AvgIpc) is 3.51. The molecule has 0 bridgehead atoms. The fourth-order valence-electron chi connectivity index (χ4n) is 6.22. The maximum atomic E-state index is 14.9. The van der Waals surface area contributed by atoms with Gasteiger partial charge in [-0.15, -0.1) is 0 Å². The third-order valence-electron chi connectivity index (χ3n) is 8.91. The highest BCUT2D eigenvalue weighted by molar-refractivity contribution is 7.93. The van der Waals surface area contributed by atoms with Crippen LogP contribution in [0, 0.1) is 12.3 Å². The Morgan fingerprint density at radius 3 is 2.18 bits per heavy atom. The molecular weight excluding hydrogens is 733 g/mol. The molecule has 2 aromatic heterocycles. The van der Waals surface area contributed by atoms with Crippen LogP contribution in [-0.2, 0) is 51.5 Å². The van der Waals surface area contributed by atoms with E-state index in [9.17, 15) is 37.5 Å². The summed E-state index contributed by atoms with van der Waals surface area (Å²) in [6.07, 6.45) is 0.905. The maximum absolute atomic E-state index is 14.9. The number of aromatic amines is 1. The number of amides is 1. The zero-order chi connectivity index (χ0) is 40.0. The molecule has 0 aliphatic carbocycles. The minimum absolute atomic E-state index is 0.0118. The van der Waals surface area contributed by atoms with Gasteiger partial charge in [-0.05, 0) is 48.7 Å². The number of aromatic nitrogens is 2. The van der Waals surface area contributed by atoms with E-state index in [2.05, 4.69) is 9.97 Å². The van der Waals surface area contributed by atoms with E-state index >= 15 is 0 Å². The summed E-state index contributed by atoms with van der Waals surface area (Å²) in [4.78, 5) is 73.0. The first-order valence-electron chi connectivity index (χ1n) is 16.8. The summed E-state index contributed by atoms with van der Waals surface area (Å²) in [6.45, 7) is -0.846. The summed E-state index contributed by atoms with van der Waals surface area (Å²) >= 11 is 0. The first-order valence-corrected chi connectivity index (χ1v) is 18.2. The molecule has 3 aromatic carbocycles. The van der Waals surface area contributed by atoms with Crippen molar-refractivity contribution in [2.24, 2.45) is 5.73 Å². The summed E-state index contributed by atoms with van der Waals surface area (Å²) in [5, 5.41) is 18.4. The van der Waals surface area contributed by atoms with Crippen LogP contribution >= 0.6 is 0 Å². The predicted molar refractivity (Wildman–Crippen MR) is 201 cm³/mol. The number of nitrogen functional groups attached to an aromatic ring is 1. The number of rotatable bonds is 16. The van der Waals surface area contributed by atoms with Gasteiger partial charge in [0.05, 0.1) is 31.8 Å². The number of methoxy groups -OCH3 is 2. The second-order valence-electron chi connectivity index (χ2n) is 12.5. The van der Waals surface area contributed by atoms with Gasteiger partial charge in [-0.25, -0.2) is 8.42 Å². The number of benzene rings is 3. The lowest BCUT2D eigenvalue weighted by molar-refractivity contribution is -0.151. The molecule has 0 aliphatic rings. The van der Waals surface area contributed by atoms with Crippen LogP contribution in [0.15, 0.2) is 77.8 Å².